The fourth-order valence-electron chi connectivity index (χ4n) is 1.01. The fourth-order valence-corrected chi connectivity index (χ4v) is 1.01. The van der Waals surface area contributed by atoms with E-state index in [0.29, 0.717) is 0 Å². The van der Waals surface area contributed by atoms with Crippen molar-refractivity contribution in [3.63, 3.8) is 0 Å². The van der Waals surface area contributed by atoms with Gasteiger partial charge in [-0.1, -0.05) is 6.92 Å². The second kappa shape index (κ2) is 3.28. The number of ether oxygens (including phenoxy) is 1. The molecule has 2 N–H and O–H groups in total. The van der Waals surface area contributed by atoms with Crippen LogP contribution in [0.3, 0.4) is 0 Å². The van der Waals surface area contributed by atoms with Crippen molar-refractivity contribution in [2.75, 3.05) is 12.8 Å². The zero-order chi connectivity index (χ0) is 8.27. The molecule has 0 saturated carbocycles. The van der Waals surface area contributed by atoms with Gasteiger partial charge >= 0.3 is 0 Å². The number of nitrogen functional groups attached to an aromatic ring is 1. The Morgan fingerprint density at radius 2 is 2.09 bits per heavy atom. The van der Waals surface area contributed by atoms with Gasteiger partial charge < -0.3 is 10.5 Å². The molecule has 0 unspecified atom stereocenters. The van der Waals surface area contributed by atoms with E-state index in [2.05, 4.69) is 6.92 Å². The van der Waals surface area contributed by atoms with Crippen molar-refractivity contribution in [2.45, 2.75) is 13.3 Å². The number of benzene rings is 1. The number of methoxy groups -OCH3 is 1. The van der Waals surface area contributed by atoms with Crippen LogP contribution in [0.15, 0.2) is 18.2 Å². The summed E-state index contributed by atoms with van der Waals surface area (Å²) < 4.78 is 5.06. The quantitative estimate of drug-likeness (QED) is 0.654. The van der Waals surface area contributed by atoms with Gasteiger partial charge in [-0.3, -0.25) is 0 Å². The van der Waals surface area contributed by atoms with E-state index in [1.807, 2.05) is 18.2 Å². The second-order valence-corrected chi connectivity index (χ2v) is 2.47. The summed E-state index contributed by atoms with van der Waals surface area (Å²) in [5.41, 5.74) is 7.61. The molecular formula is C9H13NO. The summed E-state index contributed by atoms with van der Waals surface area (Å²) in [6.07, 6.45) is 0.987. The first kappa shape index (κ1) is 7.92. The van der Waals surface area contributed by atoms with Gasteiger partial charge in [0.1, 0.15) is 5.75 Å². The van der Waals surface area contributed by atoms with E-state index in [0.717, 1.165) is 17.9 Å². The summed E-state index contributed by atoms with van der Waals surface area (Å²) in [7, 11) is 1.65. The molecule has 0 bridgehead atoms. The molecule has 0 aromatic heterocycles. The van der Waals surface area contributed by atoms with Crippen LogP contribution in [0.4, 0.5) is 5.69 Å². The highest BCUT2D eigenvalue weighted by molar-refractivity contribution is 5.47. The molecule has 0 aliphatic carbocycles. The lowest BCUT2D eigenvalue weighted by molar-refractivity contribution is 0.414. The molecule has 0 atom stereocenters. The highest BCUT2D eigenvalue weighted by Gasteiger charge is 1.95. The normalized spacial score (nSPS) is 9.64. The molecule has 2 nitrogen and oxygen atoms in total. The third-order valence-electron chi connectivity index (χ3n) is 1.63. The van der Waals surface area contributed by atoms with Crippen LogP contribution in [-0.2, 0) is 6.42 Å². The molecule has 1 aromatic rings. The maximum atomic E-state index is 5.63. The van der Waals surface area contributed by atoms with Gasteiger partial charge in [0.15, 0.2) is 0 Å². The van der Waals surface area contributed by atoms with E-state index in [-0.39, 0.29) is 0 Å². The summed E-state index contributed by atoms with van der Waals surface area (Å²) >= 11 is 0. The Balaban J connectivity index is 3.02. The number of aryl methyl sites for hydroxylation is 1. The van der Waals surface area contributed by atoms with Crippen molar-refractivity contribution in [1.29, 1.82) is 0 Å². The van der Waals surface area contributed by atoms with Crippen molar-refractivity contribution in [1.82, 2.24) is 0 Å². The van der Waals surface area contributed by atoms with Crippen molar-refractivity contribution in [3.8, 4) is 5.75 Å². The highest BCUT2D eigenvalue weighted by atomic mass is 16.5. The van der Waals surface area contributed by atoms with Crippen molar-refractivity contribution < 1.29 is 4.74 Å². The standard InChI is InChI=1S/C9H13NO/c1-3-7-4-8(10)6-9(5-7)11-2/h4-6H,3,10H2,1-2H3. The second-order valence-electron chi connectivity index (χ2n) is 2.47. The van der Waals surface area contributed by atoms with Crippen molar-refractivity contribution in [3.05, 3.63) is 23.8 Å². The Morgan fingerprint density at radius 3 is 2.64 bits per heavy atom. The topological polar surface area (TPSA) is 35.2 Å². The molecule has 0 aliphatic heterocycles. The summed E-state index contributed by atoms with van der Waals surface area (Å²) in [4.78, 5) is 0. The molecule has 0 saturated heterocycles. The highest BCUT2D eigenvalue weighted by Crippen LogP contribution is 2.18. The Labute approximate surface area is 67.0 Å². The van der Waals surface area contributed by atoms with E-state index in [1.165, 1.54) is 5.56 Å². The van der Waals surface area contributed by atoms with E-state index in [4.69, 9.17) is 10.5 Å². The number of anilines is 1. The molecule has 0 radical (unpaired) electrons. The zero-order valence-corrected chi connectivity index (χ0v) is 6.92. The summed E-state index contributed by atoms with van der Waals surface area (Å²) in [6.45, 7) is 2.09. The van der Waals surface area contributed by atoms with Crippen LogP contribution in [0, 0.1) is 0 Å². The van der Waals surface area contributed by atoms with Gasteiger partial charge in [0.25, 0.3) is 0 Å². The first-order valence-corrected chi connectivity index (χ1v) is 3.69. The van der Waals surface area contributed by atoms with Gasteiger partial charge in [0.05, 0.1) is 7.11 Å². The summed E-state index contributed by atoms with van der Waals surface area (Å²) in [6, 6.07) is 5.78. The maximum Gasteiger partial charge on any atom is 0.121 e. The van der Waals surface area contributed by atoms with Crippen LogP contribution in [0.25, 0.3) is 0 Å². The first-order valence-electron chi connectivity index (χ1n) is 3.69. The van der Waals surface area contributed by atoms with Crippen LogP contribution < -0.4 is 10.5 Å². The van der Waals surface area contributed by atoms with Gasteiger partial charge in [0, 0.05) is 11.8 Å². The lowest BCUT2D eigenvalue weighted by Gasteiger charge is -2.03. The van der Waals surface area contributed by atoms with E-state index >= 15 is 0 Å². The lowest BCUT2D eigenvalue weighted by atomic mass is 10.1. The van der Waals surface area contributed by atoms with Crippen molar-refractivity contribution in [2.24, 2.45) is 0 Å². The lowest BCUT2D eigenvalue weighted by Crippen LogP contribution is -1.91. The van der Waals surface area contributed by atoms with Crippen LogP contribution >= 0.6 is 0 Å². The summed E-state index contributed by atoms with van der Waals surface area (Å²) in [5, 5.41) is 0. The minimum absolute atomic E-state index is 0.765. The largest absolute Gasteiger partial charge is 0.497 e. The van der Waals surface area contributed by atoms with Gasteiger partial charge in [0.2, 0.25) is 0 Å². The molecule has 0 aliphatic rings. The number of hydrogen-bond acceptors (Lipinski definition) is 2. The Morgan fingerprint density at radius 1 is 1.36 bits per heavy atom. The molecule has 2 heteroatoms. The molecular weight excluding hydrogens is 138 g/mol. The molecule has 1 rings (SSSR count). The fraction of sp³-hybridized carbons (Fsp3) is 0.333. The zero-order valence-electron chi connectivity index (χ0n) is 6.92. The van der Waals surface area contributed by atoms with Crippen LogP contribution in [0.2, 0.25) is 0 Å². The van der Waals surface area contributed by atoms with Gasteiger partial charge in [-0.15, -0.1) is 0 Å². The minimum Gasteiger partial charge on any atom is -0.497 e. The Kier molecular flexibility index (Phi) is 2.36. The van der Waals surface area contributed by atoms with Crippen LogP contribution in [0.5, 0.6) is 5.75 Å². The van der Waals surface area contributed by atoms with Gasteiger partial charge in [-0.25, -0.2) is 0 Å². The summed E-state index contributed by atoms with van der Waals surface area (Å²) in [5.74, 6) is 0.835. The molecule has 11 heavy (non-hydrogen) atoms. The molecule has 0 spiro atoms. The third kappa shape index (κ3) is 1.87. The predicted octanol–water partition coefficient (Wildman–Crippen LogP) is 1.84. The minimum atomic E-state index is 0.765. The number of nitrogens with two attached hydrogens (primary N) is 1. The van der Waals surface area contributed by atoms with Crippen LogP contribution in [0.1, 0.15) is 12.5 Å². The van der Waals surface area contributed by atoms with Crippen LogP contribution in [-0.4, -0.2) is 7.11 Å². The van der Waals surface area contributed by atoms with Gasteiger partial charge in [-0.05, 0) is 24.1 Å². The molecule has 60 valence electrons. The molecule has 0 heterocycles. The predicted molar refractivity (Wildman–Crippen MR) is 46.8 cm³/mol. The maximum absolute atomic E-state index is 5.63. The first-order chi connectivity index (χ1) is 5.26. The monoisotopic (exact) mass is 151 g/mol. The van der Waals surface area contributed by atoms with E-state index < -0.39 is 0 Å². The molecule has 0 fully saturated rings. The average Bonchev–Trinajstić information content (AvgIpc) is 2.03. The van der Waals surface area contributed by atoms with Crippen molar-refractivity contribution >= 4 is 5.69 Å². The Hall–Kier alpha value is -1.18. The Bertz CT molecular complexity index is 223. The smallest absolute Gasteiger partial charge is 0.121 e. The molecule has 1 aromatic carbocycles. The van der Waals surface area contributed by atoms with E-state index in [1.54, 1.807) is 7.11 Å². The number of rotatable bonds is 2. The molecule has 0 amide bonds. The number of hydrogen-bond donors (Lipinski definition) is 1. The van der Waals surface area contributed by atoms with Gasteiger partial charge in [-0.2, -0.15) is 0 Å². The third-order valence-corrected chi connectivity index (χ3v) is 1.63. The average molecular weight is 151 g/mol. The SMILES string of the molecule is CCc1cc(N)cc(OC)c1. The van der Waals surface area contributed by atoms with E-state index in [9.17, 15) is 0 Å².